The van der Waals surface area contributed by atoms with Gasteiger partial charge in [-0.3, -0.25) is 4.21 Å². The molecule has 3 heteroatoms. The van der Waals surface area contributed by atoms with Crippen LogP contribution in [0, 0.1) is 0 Å². The number of fused-ring (bicyclic) bond motifs is 1. The summed E-state index contributed by atoms with van der Waals surface area (Å²) in [6, 6.07) is 14.7. The van der Waals surface area contributed by atoms with Crippen LogP contribution in [0.2, 0.25) is 0 Å². The summed E-state index contributed by atoms with van der Waals surface area (Å²) in [5, 5.41) is 5.71. The molecule has 102 valence electrons. The Morgan fingerprint density at radius 3 is 2.63 bits per heavy atom. The van der Waals surface area contributed by atoms with Crippen LogP contribution < -0.4 is 5.32 Å². The lowest BCUT2D eigenvalue weighted by Crippen LogP contribution is -2.27. The summed E-state index contributed by atoms with van der Waals surface area (Å²) >= 11 is 0. The van der Waals surface area contributed by atoms with Crippen LogP contribution in [0.3, 0.4) is 0 Å². The second-order valence-electron chi connectivity index (χ2n) is 4.81. The van der Waals surface area contributed by atoms with Gasteiger partial charge in [0.15, 0.2) is 0 Å². The Morgan fingerprint density at radius 1 is 1.16 bits per heavy atom. The third-order valence-electron chi connectivity index (χ3n) is 3.27. The molecular weight excluding hydrogens is 254 g/mol. The summed E-state index contributed by atoms with van der Waals surface area (Å²) in [6.45, 7) is 5.20. The van der Waals surface area contributed by atoms with E-state index in [0.29, 0.717) is 11.8 Å². The van der Waals surface area contributed by atoms with Gasteiger partial charge in [0.25, 0.3) is 0 Å². The molecule has 2 atom stereocenters. The lowest BCUT2D eigenvalue weighted by molar-refractivity contribution is 0.553. The summed E-state index contributed by atoms with van der Waals surface area (Å²) in [4.78, 5) is 0.933. The molecule has 0 fully saturated rings. The second-order valence-corrected chi connectivity index (χ2v) is 6.38. The topological polar surface area (TPSA) is 29.1 Å². The minimum Gasteiger partial charge on any atom is -0.315 e. The number of benzene rings is 2. The molecule has 2 aromatic carbocycles. The largest absolute Gasteiger partial charge is 0.315 e. The van der Waals surface area contributed by atoms with E-state index in [4.69, 9.17) is 0 Å². The van der Waals surface area contributed by atoms with E-state index in [-0.39, 0.29) is 0 Å². The van der Waals surface area contributed by atoms with Crippen LogP contribution in [0.1, 0.15) is 20.3 Å². The number of hydrogen-bond donors (Lipinski definition) is 1. The van der Waals surface area contributed by atoms with Gasteiger partial charge in [-0.1, -0.05) is 37.3 Å². The maximum absolute atomic E-state index is 12.3. The normalized spacial score (nSPS) is 14.4. The van der Waals surface area contributed by atoms with E-state index in [1.807, 2.05) is 24.3 Å². The Balaban J connectivity index is 2.05. The molecule has 0 radical (unpaired) electrons. The first-order valence-corrected chi connectivity index (χ1v) is 8.13. The molecule has 0 bridgehead atoms. The summed E-state index contributed by atoms with van der Waals surface area (Å²) in [7, 11) is -0.904. The lowest BCUT2D eigenvalue weighted by atomic mass is 10.1. The van der Waals surface area contributed by atoms with E-state index in [2.05, 4.69) is 37.4 Å². The van der Waals surface area contributed by atoms with Gasteiger partial charge < -0.3 is 5.32 Å². The molecule has 0 aliphatic heterocycles. The quantitative estimate of drug-likeness (QED) is 0.876. The smallest absolute Gasteiger partial charge is 0.0530 e. The van der Waals surface area contributed by atoms with Gasteiger partial charge in [0, 0.05) is 16.7 Å². The van der Waals surface area contributed by atoms with Crippen molar-refractivity contribution in [2.24, 2.45) is 0 Å². The fourth-order valence-electron chi connectivity index (χ4n) is 2.16. The molecule has 2 aromatic rings. The third-order valence-corrected chi connectivity index (χ3v) is 4.66. The van der Waals surface area contributed by atoms with Crippen molar-refractivity contribution in [1.82, 2.24) is 5.32 Å². The van der Waals surface area contributed by atoms with Crippen molar-refractivity contribution in [3.05, 3.63) is 42.5 Å². The summed E-state index contributed by atoms with van der Waals surface area (Å²) in [5.74, 6) is 0.715. The van der Waals surface area contributed by atoms with Gasteiger partial charge in [-0.2, -0.15) is 0 Å². The van der Waals surface area contributed by atoms with Gasteiger partial charge in [0.05, 0.1) is 10.8 Å². The average Bonchev–Trinajstić information content (AvgIpc) is 2.44. The van der Waals surface area contributed by atoms with Gasteiger partial charge >= 0.3 is 0 Å². The molecule has 2 rings (SSSR count). The zero-order chi connectivity index (χ0) is 13.7. The molecule has 0 amide bonds. The van der Waals surface area contributed by atoms with Crippen molar-refractivity contribution in [3.8, 4) is 0 Å². The van der Waals surface area contributed by atoms with Gasteiger partial charge in [-0.05, 0) is 42.8 Å². The Kier molecular flexibility index (Phi) is 5.11. The van der Waals surface area contributed by atoms with Crippen molar-refractivity contribution in [2.75, 3.05) is 12.3 Å². The van der Waals surface area contributed by atoms with Crippen molar-refractivity contribution in [3.63, 3.8) is 0 Å². The predicted octanol–water partition coefficient (Wildman–Crippen LogP) is 3.34. The fourth-order valence-corrected chi connectivity index (χ4v) is 3.44. The molecule has 2 nitrogen and oxygen atoms in total. The van der Waals surface area contributed by atoms with Gasteiger partial charge in [0.1, 0.15) is 0 Å². The highest BCUT2D eigenvalue weighted by molar-refractivity contribution is 7.85. The van der Waals surface area contributed by atoms with Crippen LogP contribution in [0.5, 0.6) is 0 Å². The number of rotatable bonds is 6. The first-order chi connectivity index (χ1) is 9.20. The first-order valence-electron chi connectivity index (χ1n) is 6.81. The Bertz CT molecular complexity index is 567. The summed E-state index contributed by atoms with van der Waals surface area (Å²) in [6.07, 6.45) is 0.938. The fraction of sp³-hybridized carbons (Fsp3) is 0.375. The maximum Gasteiger partial charge on any atom is 0.0530 e. The lowest BCUT2D eigenvalue weighted by Gasteiger charge is -2.11. The highest BCUT2D eigenvalue weighted by Crippen LogP contribution is 2.18. The van der Waals surface area contributed by atoms with E-state index >= 15 is 0 Å². The van der Waals surface area contributed by atoms with Gasteiger partial charge in [-0.15, -0.1) is 0 Å². The average molecular weight is 275 g/mol. The van der Waals surface area contributed by atoms with Crippen LogP contribution in [-0.4, -0.2) is 22.5 Å². The Labute approximate surface area is 117 Å². The highest BCUT2D eigenvalue weighted by Gasteiger charge is 2.07. The molecule has 2 unspecified atom stereocenters. The van der Waals surface area contributed by atoms with Crippen molar-refractivity contribution in [1.29, 1.82) is 0 Å². The standard InChI is InChI=1S/C16H21NOS/c1-3-17-13(2)10-11-19(18)16-9-8-14-6-4-5-7-15(14)12-16/h4-9,12-13,17H,3,10-11H2,1-2H3. The van der Waals surface area contributed by atoms with Crippen molar-refractivity contribution < 1.29 is 4.21 Å². The van der Waals surface area contributed by atoms with Crippen LogP contribution in [0.4, 0.5) is 0 Å². The molecule has 1 N–H and O–H groups in total. The van der Waals surface area contributed by atoms with Gasteiger partial charge in [-0.25, -0.2) is 0 Å². The molecule has 0 spiro atoms. The number of hydrogen-bond acceptors (Lipinski definition) is 2. The van der Waals surface area contributed by atoms with E-state index in [1.165, 1.54) is 5.39 Å². The van der Waals surface area contributed by atoms with Crippen molar-refractivity contribution >= 4 is 21.6 Å². The first kappa shape index (κ1) is 14.2. The molecule has 0 aliphatic carbocycles. The van der Waals surface area contributed by atoms with Crippen LogP contribution in [-0.2, 0) is 10.8 Å². The minimum absolute atomic E-state index is 0.425. The van der Waals surface area contributed by atoms with Crippen LogP contribution in [0.25, 0.3) is 10.8 Å². The Morgan fingerprint density at radius 2 is 1.89 bits per heavy atom. The van der Waals surface area contributed by atoms with E-state index in [9.17, 15) is 4.21 Å². The van der Waals surface area contributed by atoms with E-state index < -0.39 is 10.8 Å². The predicted molar refractivity (Wildman–Crippen MR) is 83.0 cm³/mol. The third kappa shape index (κ3) is 3.88. The SMILES string of the molecule is CCNC(C)CCS(=O)c1ccc2ccccc2c1. The molecular formula is C16H21NOS. The van der Waals surface area contributed by atoms with Crippen molar-refractivity contribution in [2.45, 2.75) is 31.2 Å². The Hall–Kier alpha value is -1.19. The summed E-state index contributed by atoms with van der Waals surface area (Å²) in [5.41, 5.74) is 0. The zero-order valence-electron chi connectivity index (χ0n) is 11.6. The second kappa shape index (κ2) is 6.83. The number of nitrogens with one attached hydrogen (secondary N) is 1. The van der Waals surface area contributed by atoms with Crippen LogP contribution in [0.15, 0.2) is 47.4 Å². The molecule has 0 saturated carbocycles. The van der Waals surface area contributed by atoms with Gasteiger partial charge in [0.2, 0.25) is 0 Å². The molecule has 19 heavy (non-hydrogen) atoms. The monoisotopic (exact) mass is 275 g/mol. The molecule has 0 aromatic heterocycles. The van der Waals surface area contributed by atoms with E-state index in [1.54, 1.807) is 0 Å². The zero-order valence-corrected chi connectivity index (χ0v) is 12.4. The molecule has 0 aliphatic rings. The van der Waals surface area contributed by atoms with Crippen LogP contribution >= 0.6 is 0 Å². The molecule has 0 saturated heterocycles. The maximum atomic E-state index is 12.3. The summed E-state index contributed by atoms with van der Waals surface area (Å²) < 4.78 is 12.3. The molecule has 0 heterocycles. The highest BCUT2D eigenvalue weighted by atomic mass is 32.2. The van der Waals surface area contributed by atoms with E-state index in [0.717, 1.165) is 23.2 Å². The minimum atomic E-state index is -0.904.